The first-order valence-electron chi connectivity index (χ1n) is 13.3. The average Bonchev–Trinajstić information content (AvgIpc) is 2.87. The Labute approximate surface area is 208 Å². The highest BCUT2D eigenvalue weighted by molar-refractivity contribution is 7.78. The fraction of sp³-hybridized carbons (Fsp3) is 0.438. The van der Waals surface area contributed by atoms with Crippen molar-refractivity contribution >= 4 is 17.8 Å². The van der Waals surface area contributed by atoms with Gasteiger partial charge in [0.15, 0.2) is 0 Å². The molecule has 0 fully saturated rings. The Hall–Kier alpha value is -2.11. The number of unbranched alkanes of at least 4 members (excludes halogenated alkanes) is 7. The lowest BCUT2D eigenvalue weighted by Gasteiger charge is -2.26. The molecule has 3 aromatic carbocycles. The molecule has 0 heterocycles. The largest absolute Gasteiger partial charge is 0.314 e. The van der Waals surface area contributed by atoms with Crippen LogP contribution in [0.2, 0.25) is 0 Å². The van der Waals surface area contributed by atoms with Crippen molar-refractivity contribution in [2.75, 3.05) is 6.16 Å². The van der Waals surface area contributed by atoms with Gasteiger partial charge in [-0.15, -0.1) is 0 Å². The fourth-order valence-electron chi connectivity index (χ4n) is 4.99. The van der Waals surface area contributed by atoms with E-state index in [9.17, 15) is 0 Å². The molecule has 0 saturated carbocycles. The number of benzene rings is 3. The van der Waals surface area contributed by atoms with E-state index in [4.69, 9.17) is 0 Å². The molecular formula is C32H43OP. The summed E-state index contributed by atoms with van der Waals surface area (Å²) in [7, 11) is -2.74. The molecule has 0 aliphatic rings. The van der Waals surface area contributed by atoms with Crippen molar-refractivity contribution in [3.8, 4) is 0 Å². The molecule has 0 bridgehead atoms. The molecule has 2 heteroatoms. The van der Waals surface area contributed by atoms with Crippen molar-refractivity contribution < 1.29 is 4.57 Å². The lowest BCUT2D eigenvalue weighted by molar-refractivity contribution is 0.572. The first kappa shape index (κ1) is 26.5. The topological polar surface area (TPSA) is 17.1 Å². The minimum atomic E-state index is -2.74. The zero-order valence-corrected chi connectivity index (χ0v) is 22.7. The molecule has 0 saturated heterocycles. The Bertz CT molecular complexity index is 1070. The predicted molar refractivity (Wildman–Crippen MR) is 151 cm³/mol. The van der Waals surface area contributed by atoms with Crippen molar-refractivity contribution in [2.24, 2.45) is 0 Å². The highest BCUT2D eigenvalue weighted by Crippen LogP contribution is 2.46. The standard InChI is InChI=1S/C32H43OP/c1-5-6-7-8-9-10-11-18-23-34(33,30-21-16-13-17-22-30)32-24-26(2)27(3)28(4)31(32)25-29-19-14-12-15-20-29/h12-17,19-22,24H,5-11,18,23,25H2,1-4H3. The molecular weight excluding hydrogens is 431 g/mol. The lowest BCUT2D eigenvalue weighted by Crippen LogP contribution is -2.24. The summed E-state index contributed by atoms with van der Waals surface area (Å²) in [5.74, 6) is 0. The zero-order valence-electron chi connectivity index (χ0n) is 21.8. The maximum Gasteiger partial charge on any atom is 0.143 e. The summed E-state index contributed by atoms with van der Waals surface area (Å²) in [5, 5.41) is 2.10. The van der Waals surface area contributed by atoms with E-state index in [2.05, 4.69) is 76.2 Å². The van der Waals surface area contributed by atoms with Gasteiger partial charge in [-0.05, 0) is 67.5 Å². The number of hydrogen-bond acceptors (Lipinski definition) is 1. The van der Waals surface area contributed by atoms with Crippen molar-refractivity contribution in [3.63, 3.8) is 0 Å². The highest BCUT2D eigenvalue weighted by atomic mass is 31.2. The lowest BCUT2D eigenvalue weighted by atomic mass is 9.94. The molecule has 0 spiro atoms. The third-order valence-electron chi connectivity index (χ3n) is 7.38. The summed E-state index contributed by atoms with van der Waals surface area (Å²) >= 11 is 0. The Morgan fingerprint density at radius 3 is 1.85 bits per heavy atom. The van der Waals surface area contributed by atoms with Crippen LogP contribution in [0, 0.1) is 20.8 Å². The second-order valence-electron chi connectivity index (χ2n) is 9.88. The van der Waals surface area contributed by atoms with E-state index >= 15 is 4.57 Å². The number of rotatable bonds is 13. The van der Waals surface area contributed by atoms with Gasteiger partial charge in [-0.1, -0.05) is 113 Å². The quantitative estimate of drug-likeness (QED) is 0.179. The second-order valence-corrected chi connectivity index (χ2v) is 12.8. The van der Waals surface area contributed by atoms with Gasteiger partial charge in [-0.2, -0.15) is 0 Å². The van der Waals surface area contributed by atoms with Gasteiger partial charge in [0.1, 0.15) is 7.14 Å². The average molecular weight is 475 g/mol. The number of hydrogen-bond donors (Lipinski definition) is 0. The Balaban J connectivity index is 1.92. The summed E-state index contributed by atoms with van der Waals surface area (Å²) in [4.78, 5) is 0. The molecule has 0 N–H and O–H groups in total. The molecule has 1 atom stereocenters. The van der Waals surface area contributed by atoms with Gasteiger partial charge in [-0.3, -0.25) is 0 Å². The first-order valence-corrected chi connectivity index (χ1v) is 15.2. The smallest absolute Gasteiger partial charge is 0.143 e. The number of aryl methyl sites for hydroxylation is 1. The minimum Gasteiger partial charge on any atom is -0.314 e. The molecule has 0 amide bonds. The molecule has 1 unspecified atom stereocenters. The molecule has 0 aliphatic carbocycles. The van der Waals surface area contributed by atoms with Crippen molar-refractivity contribution in [1.82, 2.24) is 0 Å². The molecule has 34 heavy (non-hydrogen) atoms. The highest BCUT2D eigenvalue weighted by Gasteiger charge is 2.30. The van der Waals surface area contributed by atoms with E-state index in [-0.39, 0.29) is 0 Å². The molecule has 0 radical (unpaired) electrons. The summed E-state index contributed by atoms with van der Waals surface area (Å²) < 4.78 is 15.0. The van der Waals surface area contributed by atoms with Gasteiger partial charge >= 0.3 is 0 Å². The third-order valence-corrected chi connectivity index (χ3v) is 10.6. The zero-order chi connectivity index (χ0) is 24.4. The predicted octanol–water partition coefficient (Wildman–Crippen LogP) is 8.66. The SMILES string of the molecule is CCCCCCCCCCP(=O)(c1ccccc1)c1cc(C)c(C)c(C)c1Cc1ccccc1. The first-order chi connectivity index (χ1) is 16.5. The van der Waals surface area contributed by atoms with Gasteiger partial charge in [-0.25, -0.2) is 0 Å². The van der Waals surface area contributed by atoms with E-state index < -0.39 is 7.14 Å². The van der Waals surface area contributed by atoms with Gasteiger partial charge in [0.25, 0.3) is 0 Å². The fourth-order valence-corrected chi connectivity index (χ4v) is 8.17. The van der Waals surface area contributed by atoms with Gasteiger partial charge in [0.05, 0.1) is 0 Å². The summed E-state index contributed by atoms with van der Waals surface area (Å²) in [6.07, 6.45) is 11.7. The molecule has 182 valence electrons. The normalized spacial score (nSPS) is 13.1. The van der Waals surface area contributed by atoms with E-state index in [1.807, 2.05) is 18.2 Å². The summed E-state index contributed by atoms with van der Waals surface area (Å²) in [6, 6.07) is 23.2. The molecule has 3 rings (SSSR count). The monoisotopic (exact) mass is 474 g/mol. The minimum absolute atomic E-state index is 0.760. The van der Waals surface area contributed by atoms with Crippen LogP contribution in [0.4, 0.5) is 0 Å². The van der Waals surface area contributed by atoms with Crippen LogP contribution in [0.1, 0.15) is 86.1 Å². The van der Waals surface area contributed by atoms with E-state index in [0.29, 0.717) is 0 Å². The molecule has 1 nitrogen and oxygen atoms in total. The van der Waals surface area contributed by atoms with Crippen LogP contribution in [0.5, 0.6) is 0 Å². The molecule has 0 aliphatic heterocycles. The summed E-state index contributed by atoms with van der Waals surface area (Å²) in [6.45, 7) is 8.86. The van der Waals surface area contributed by atoms with E-state index in [1.165, 1.54) is 72.8 Å². The Morgan fingerprint density at radius 1 is 0.676 bits per heavy atom. The van der Waals surface area contributed by atoms with Crippen molar-refractivity contribution in [1.29, 1.82) is 0 Å². The van der Waals surface area contributed by atoms with Crippen LogP contribution in [-0.2, 0) is 11.0 Å². The third kappa shape index (κ3) is 6.73. The maximum atomic E-state index is 15.0. The van der Waals surface area contributed by atoms with Crippen LogP contribution in [0.25, 0.3) is 0 Å². The second kappa shape index (κ2) is 13.1. The Morgan fingerprint density at radius 2 is 1.24 bits per heavy atom. The van der Waals surface area contributed by atoms with E-state index in [0.717, 1.165) is 29.6 Å². The van der Waals surface area contributed by atoms with Crippen molar-refractivity contribution in [2.45, 2.75) is 85.5 Å². The van der Waals surface area contributed by atoms with Gasteiger partial charge in [0.2, 0.25) is 0 Å². The Kier molecular flexibility index (Phi) is 10.2. The van der Waals surface area contributed by atoms with Gasteiger partial charge < -0.3 is 4.57 Å². The molecule has 3 aromatic rings. The van der Waals surface area contributed by atoms with Crippen LogP contribution in [0.3, 0.4) is 0 Å². The van der Waals surface area contributed by atoms with Gasteiger partial charge in [0, 0.05) is 16.8 Å². The van der Waals surface area contributed by atoms with Crippen LogP contribution >= 0.6 is 7.14 Å². The van der Waals surface area contributed by atoms with Crippen LogP contribution in [0.15, 0.2) is 66.7 Å². The molecule has 0 aromatic heterocycles. The van der Waals surface area contributed by atoms with E-state index in [1.54, 1.807) is 0 Å². The maximum absolute atomic E-state index is 15.0. The van der Waals surface area contributed by atoms with Crippen molar-refractivity contribution in [3.05, 3.63) is 94.5 Å². The summed E-state index contributed by atoms with van der Waals surface area (Å²) in [5.41, 5.74) is 6.41. The van der Waals surface area contributed by atoms with Crippen LogP contribution < -0.4 is 10.6 Å². The van der Waals surface area contributed by atoms with Crippen LogP contribution in [-0.4, -0.2) is 6.16 Å².